The van der Waals surface area contributed by atoms with E-state index in [9.17, 15) is 9.59 Å². The normalized spacial score (nSPS) is 10.1. The van der Waals surface area contributed by atoms with Gasteiger partial charge in [-0.15, -0.1) is 0 Å². The molecule has 0 radical (unpaired) electrons. The summed E-state index contributed by atoms with van der Waals surface area (Å²) in [4.78, 5) is 29.3. The Hall–Kier alpha value is -3.14. The maximum Gasteiger partial charge on any atom is 0.256 e. The van der Waals surface area contributed by atoms with Gasteiger partial charge in [-0.1, -0.05) is 61.1 Å². The van der Waals surface area contributed by atoms with E-state index < -0.39 is 0 Å². The number of hydrogen-bond acceptors (Lipinski definition) is 2. The number of aryl methyl sites for hydroxylation is 6. The Bertz CT molecular complexity index is 1290. The Kier molecular flexibility index (Phi) is 13.9. The quantitative estimate of drug-likeness (QED) is 0.250. The maximum absolute atomic E-state index is 11.6. The summed E-state index contributed by atoms with van der Waals surface area (Å²) in [5.74, 6) is 1.67. The first-order chi connectivity index (χ1) is 16.6. The van der Waals surface area contributed by atoms with Crippen LogP contribution < -0.4 is 11.0 Å². The van der Waals surface area contributed by atoms with Crippen molar-refractivity contribution < 1.29 is 0 Å². The van der Waals surface area contributed by atoms with Crippen LogP contribution in [0, 0.1) is 53.4 Å². The third-order valence-electron chi connectivity index (χ3n) is 5.37. The number of benzene rings is 2. The minimum atomic E-state index is 0. The summed E-state index contributed by atoms with van der Waals surface area (Å²) in [6.07, 6.45) is 0. The van der Waals surface area contributed by atoms with Crippen molar-refractivity contribution in [2.75, 3.05) is 0 Å². The fraction of sp³-hybridized carbons (Fsp3) is 0.455. The number of aromatic nitrogens is 2. The summed E-state index contributed by atoms with van der Waals surface area (Å²) < 4.78 is 0. The Balaban J connectivity index is 0.000000535. The molecule has 0 fully saturated rings. The van der Waals surface area contributed by atoms with Gasteiger partial charge in [0.25, 0.3) is 5.56 Å². The molecular formula is C33H50N2O2. The number of H-pyrrole nitrogens is 2. The highest BCUT2D eigenvalue weighted by atomic mass is 16.1. The highest BCUT2D eigenvalue weighted by molar-refractivity contribution is 5.86. The molecule has 0 saturated heterocycles. The van der Waals surface area contributed by atoms with Crippen LogP contribution in [0.2, 0.25) is 0 Å². The van der Waals surface area contributed by atoms with Crippen molar-refractivity contribution in [2.45, 2.75) is 90.5 Å². The lowest BCUT2D eigenvalue weighted by Crippen LogP contribution is -2.08. The largest absolute Gasteiger partial charge is 0.358 e. The first-order valence-corrected chi connectivity index (χ1v) is 12.8. The Labute approximate surface area is 224 Å². The lowest BCUT2D eigenvalue weighted by Gasteiger charge is -2.06. The van der Waals surface area contributed by atoms with Gasteiger partial charge in [0, 0.05) is 28.2 Å². The van der Waals surface area contributed by atoms with Crippen LogP contribution in [0.1, 0.15) is 82.6 Å². The summed E-state index contributed by atoms with van der Waals surface area (Å²) in [5.41, 5.74) is 7.67. The van der Waals surface area contributed by atoms with E-state index in [4.69, 9.17) is 0 Å². The van der Waals surface area contributed by atoms with Crippen LogP contribution in [0.15, 0.2) is 46.0 Å². The lowest BCUT2D eigenvalue weighted by molar-refractivity contribution is 0.736. The Morgan fingerprint density at radius 1 is 0.568 bits per heavy atom. The predicted molar refractivity (Wildman–Crippen MR) is 165 cm³/mol. The van der Waals surface area contributed by atoms with Crippen LogP contribution in [0.25, 0.3) is 21.7 Å². The smallest absolute Gasteiger partial charge is 0.256 e. The van der Waals surface area contributed by atoms with Crippen LogP contribution in [0.5, 0.6) is 0 Å². The minimum absolute atomic E-state index is 0. The zero-order valence-electron chi connectivity index (χ0n) is 24.4. The van der Waals surface area contributed by atoms with Crippen LogP contribution in [0.3, 0.4) is 0 Å². The number of pyridine rings is 2. The first-order valence-electron chi connectivity index (χ1n) is 12.8. The van der Waals surface area contributed by atoms with E-state index >= 15 is 0 Å². The molecule has 2 N–H and O–H groups in total. The molecule has 4 aromatic rings. The SMILES string of the molecule is C.CC(C)C.CC(C)C.Cc1cc(=O)c2ccc(C)c(C)c2[nH]1.Cc1cc2c(C)c(C)ccc2c(=O)[nH]1. The minimum Gasteiger partial charge on any atom is -0.358 e. The van der Waals surface area contributed by atoms with Crippen molar-refractivity contribution in [3.8, 4) is 0 Å². The van der Waals surface area contributed by atoms with Gasteiger partial charge in [-0.25, -0.2) is 0 Å². The van der Waals surface area contributed by atoms with Crippen LogP contribution in [0.4, 0.5) is 0 Å². The second kappa shape index (κ2) is 15.2. The van der Waals surface area contributed by atoms with Crippen molar-refractivity contribution in [1.82, 2.24) is 9.97 Å². The van der Waals surface area contributed by atoms with Crippen LogP contribution in [-0.4, -0.2) is 9.97 Å². The van der Waals surface area contributed by atoms with Crippen molar-refractivity contribution in [1.29, 1.82) is 0 Å². The molecule has 4 rings (SSSR count). The average Bonchev–Trinajstić information content (AvgIpc) is 2.73. The van der Waals surface area contributed by atoms with Crippen molar-refractivity contribution in [2.24, 2.45) is 11.8 Å². The molecule has 2 aromatic heterocycles. The van der Waals surface area contributed by atoms with E-state index in [1.807, 2.05) is 51.1 Å². The molecule has 4 nitrogen and oxygen atoms in total. The standard InChI is InChI=1S/2C12H13NO.2C4H10.CH4/c1-7-4-5-10-11(14)6-8(2)13-12(10)9(7)3;1-7-4-5-10-11(9(7)3)6-8(2)13-12(10)14;2*1-4(2)3;/h2*4-6H,1-3H3,(H,13,14);2*4H,1-3H3;1H4. The number of hydrogen-bond donors (Lipinski definition) is 2. The highest BCUT2D eigenvalue weighted by Gasteiger charge is 2.05. The number of rotatable bonds is 0. The van der Waals surface area contributed by atoms with Gasteiger partial charge in [-0.05, 0) is 99.2 Å². The number of aromatic amines is 2. The van der Waals surface area contributed by atoms with E-state index in [1.54, 1.807) is 6.07 Å². The van der Waals surface area contributed by atoms with Gasteiger partial charge < -0.3 is 9.97 Å². The average molecular weight is 507 g/mol. The second-order valence-electron chi connectivity index (χ2n) is 11.0. The topological polar surface area (TPSA) is 65.7 Å². The number of fused-ring (bicyclic) bond motifs is 2. The summed E-state index contributed by atoms with van der Waals surface area (Å²) in [6.45, 7) is 25.0. The molecule has 204 valence electrons. The van der Waals surface area contributed by atoms with Crippen molar-refractivity contribution in [3.63, 3.8) is 0 Å². The molecule has 2 heterocycles. The zero-order valence-corrected chi connectivity index (χ0v) is 24.4. The summed E-state index contributed by atoms with van der Waals surface area (Å²) in [7, 11) is 0. The maximum atomic E-state index is 11.6. The second-order valence-corrected chi connectivity index (χ2v) is 11.0. The molecule has 2 aromatic carbocycles. The molecular weight excluding hydrogens is 456 g/mol. The van der Waals surface area contributed by atoms with Gasteiger partial charge in [0.15, 0.2) is 5.43 Å². The molecule has 37 heavy (non-hydrogen) atoms. The predicted octanol–water partition coefficient (Wildman–Crippen LogP) is 8.87. The third kappa shape index (κ3) is 10.4. The highest BCUT2D eigenvalue weighted by Crippen LogP contribution is 2.19. The summed E-state index contributed by atoms with van der Waals surface area (Å²) in [5, 5.41) is 2.61. The van der Waals surface area contributed by atoms with E-state index in [0.29, 0.717) is 0 Å². The van der Waals surface area contributed by atoms with Gasteiger partial charge in [0.1, 0.15) is 0 Å². The monoisotopic (exact) mass is 506 g/mol. The van der Waals surface area contributed by atoms with E-state index in [2.05, 4.69) is 72.3 Å². The van der Waals surface area contributed by atoms with Crippen LogP contribution in [-0.2, 0) is 0 Å². The molecule has 0 aliphatic rings. The third-order valence-corrected chi connectivity index (χ3v) is 5.37. The molecule has 0 bridgehead atoms. The van der Waals surface area contributed by atoms with Gasteiger partial charge in [0.05, 0.1) is 5.52 Å². The molecule has 0 spiro atoms. The number of nitrogens with one attached hydrogen (secondary N) is 2. The molecule has 0 aliphatic carbocycles. The Morgan fingerprint density at radius 2 is 1.00 bits per heavy atom. The zero-order chi connectivity index (χ0) is 27.7. The van der Waals surface area contributed by atoms with Gasteiger partial charge in [-0.3, -0.25) is 9.59 Å². The summed E-state index contributed by atoms with van der Waals surface area (Å²) >= 11 is 0. The van der Waals surface area contributed by atoms with Gasteiger partial charge in [-0.2, -0.15) is 0 Å². The van der Waals surface area contributed by atoms with Crippen molar-refractivity contribution in [3.05, 3.63) is 90.6 Å². The van der Waals surface area contributed by atoms with Gasteiger partial charge >= 0.3 is 0 Å². The summed E-state index contributed by atoms with van der Waals surface area (Å²) in [6, 6.07) is 11.4. The molecule has 0 unspecified atom stereocenters. The van der Waals surface area contributed by atoms with Crippen LogP contribution >= 0.6 is 0 Å². The van der Waals surface area contributed by atoms with E-state index in [0.717, 1.165) is 50.5 Å². The lowest BCUT2D eigenvalue weighted by atomic mass is 10.0. The molecule has 0 aliphatic heterocycles. The van der Waals surface area contributed by atoms with Gasteiger partial charge in [0.2, 0.25) is 0 Å². The van der Waals surface area contributed by atoms with E-state index in [-0.39, 0.29) is 18.4 Å². The fourth-order valence-corrected chi connectivity index (χ4v) is 3.41. The molecule has 4 heteroatoms. The van der Waals surface area contributed by atoms with Crippen molar-refractivity contribution >= 4 is 21.7 Å². The molecule has 0 atom stereocenters. The molecule has 0 amide bonds. The van der Waals surface area contributed by atoms with E-state index in [1.165, 1.54) is 16.7 Å². The fourth-order valence-electron chi connectivity index (χ4n) is 3.41. The molecule has 0 saturated carbocycles. The first kappa shape index (κ1) is 33.9. The Morgan fingerprint density at radius 3 is 1.51 bits per heavy atom.